The van der Waals surface area contributed by atoms with Crippen LogP contribution < -0.4 is 10.1 Å². The summed E-state index contributed by atoms with van der Waals surface area (Å²) in [5.74, 6) is 0.772. The molecule has 0 bridgehead atoms. The molecule has 1 N–H and O–H groups in total. The lowest BCUT2D eigenvalue weighted by Gasteiger charge is -2.12. The maximum atomic E-state index is 12.5. The van der Waals surface area contributed by atoms with Crippen LogP contribution in [0.4, 0.5) is 14.5 Å². The number of halogens is 2. The Bertz CT molecular complexity index is 567. The van der Waals surface area contributed by atoms with E-state index in [1.807, 2.05) is 25.1 Å². The molecule has 4 heteroatoms. The minimum atomic E-state index is -2.42. The van der Waals surface area contributed by atoms with Crippen LogP contribution in [0.2, 0.25) is 0 Å². The van der Waals surface area contributed by atoms with Crippen molar-refractivity contribution in [2.75, 3.05) is 12.4 Å². The van der Waals surface area contributed by atoms with Gasteiger partial charge in [-0.05, 0) is 30.2 Å². The zero-order chi connectivity index (χ0) is 14.5. The maximum absolute atomic E-state index is 12.5. The number of alkyl halides is 2. The third kappa shape index (κ3) is 3.47. The normalized spacial score (nSPS) is 10.7. The number of anilines is 1. The fourth-order valence-electron chi connectivity index (χ4n) is 1.92. The second-order valence-electron chi connectivity index (χ2n) is 4.60. The second-order valence-corrected chi connectivity index (χ2v) is 4.60. The molecule has 2 rings (SSSR count). The fourth-order valence-corrected chi connectivity index (χ4v) is 1.92. The van der Waals surface area contributed by atoms with Gasteiger partial charge in [-0.3, -0.25) is 0 Å². The van der Waals surface area contributed by atoms with Gasteiger partial charge in [-0.2, -0.15) is 0 Å². The first-order valence-electron chi connectivity index (χ1n) is 6.35. The summed E-state index contributed by atoms with van der Waals surface area (Å²) < 4.78 is 30.2. The summed E-state index contributed by atoms with van der Waals surface area (Å²) in [6, 6.07) is 12.2. The van der Waals surface area contributed by atoms with Crippen molar-refractivity contribution < 1.29 is 13.5 Å². The molecule has 0 saturated carbocycles. The first-order valence-corrected chi connectivity index (χ1v) is 6.35. The molecule has 0 amide bonds. The molecule has 0 spiro atoms. The van der Waals surface area contributed by atoms with Crippen LogP contribution in [0.1, 0.15) is 23.1 Å². The molecular weight excluding hydrogens is 260 g/mol. The van der Waals surface area contributed by atoms with Crippen molar-refractivity contribution >= 4 is 5.69 Å². The second kappa shape index (κ2) is 6.37. The predicted molar refractivity (Wildman–Crippen MR) is 76.5 cm³/mol. The van der Waals surface area contributed by atoms with Crippen LogP contribution in [0.5, 0.6) is 5.75 Å². The molecule has 106 valence electrons. The highest BCUT2D eigenvalue weighted by atomic mass is 19.3. The van der Waals surface area contributed by atoms with E-state index in [4.69, 9.17) is 4.74 Å². The van der Waals surface area contributed by atoms with Gasteiger partial charge in [0.2, 0.25) is 0 Å². The molecular formula is C16H17F2NO. The minimum absolute atomic E-state index is 0.0432. The first-order chi connectivity index (χ1) is 9.60. The Balaban J connectivity index is 2.05. The molecule has 0 heterocycles. The van der Waals surface area contributed by atoms with Crippen molar-refractivity contribution in [1.29, 1.82) is 0 Å². The average Bonchev–Trinajstić information content (AvgIpc) is 2.46. The Hall–Kier alpha value is -2.10. The molecule has 0 aliphatic heterocycles. The van der Waals surface area contributed by atoms with Gasteiger partial charge < -0.3 is 10.1 Å². The Kier molecular flexibility index (Phi) is 4.56. The summed E-state index contributed by atoms with van der Waals surface area (Å²) >= 11 is 0. The highest BCUT2D eigenvalue weighted by molar-refractivity contribution is 5.57. The van der Waals surface area contributed by atoms with Gasteiger partial charge in [0, 0.05) is 12.1 Å². The lowest BCUT2D eigenvalue weighted by molar-refractivity contribution is 0.151. The molecule has 0 radical (unpaired) electrons. The Labute approximate surface area is 117 Å². The zero-order valence-electron chi connectivity index (χ0n) is 11.5. The first kappa shape index (κ1) is 14.3. The number of methoxy groups -OCH3 is 1. The minimum Gasteiger partial charge on any atom is -0.495 e. The molecule has 0 atom stereocenters. The lowest BCUT2D eigenvalue weighted by atomic mass is 10.1. The maximum Gasteiger partial charge on any atom is 0.263 e. The lowest BCUT2D eigenvalue weighted by Crippen LogP contribution is -2.01. The van der Waals surface area contributed by atoms with E-state index in [0.717, 1.165) is 22.6 Å². The van der Waals surface area contributed by atoms with Gasteiger partial charge in [-0.25, -0.2) is 8.78 Å². The Morgan fingerprint density at radius 1 is 1.10 bits per heavy atom. The van der Waals surface area contributed by atoms with Crippen molar-refractivity contribution in [2.45, 2.75) is 19.9 Å². The van der Waals surface area contributed by atoms with Gasteiger partial charge in [0.05, 0.1) is 12.8 Å². The summed E-state index contributed by atoms with van der Waals surface area (Å²) in [4.78, 5) is 0. The zero-order valence-corrected chi connectivity index (χ0v) is 11.5. The number of rotatable bonds is 5. The quantitative estimate of drug-likeness (QED) is 0.865. The van der Waals surface area contributed by atoms with Crippen molar-refractivity contribution in [3.63, 3.8) is 0 Å². The molecule has 2 aromatic rings. The largest absolute Gasteiger partial charge is 0.495 e. The van der Waals surface area contributed by atoms with Crippen LogP contribution in [0, 0.1) is 6.92 Å². The van der Waals surface area contributed by atoms with E-state index in [0.29, 0.717) is 6.54 Å². The van der Waals surface area contributed by atoms with Crippen LogP contribution in [-0.4, -0.2) is 7.11 Å². The number of aryl methyl sites for hydroxylation is 1. The predicted octanol–water partition coefficient (Wildman–Crippen LogP) is 4.55. The number of benzene rings is 2. The Morgan fingerprint density at radius 2 is 1.80 bits per heavy atom. The monoisotopic (exact) mass is 277 g/mol. The van der Waals surface area contributed by atoms with E-state index in [2.05, 4.69) is 5.32 Å². The van der Waals surface area contributed by atoms with Gasteiger partial charge in [-0.1, -0.05) is 30.3 Å². The van der Waals surface area contributed by atoms with E-state index in [9.17, 15) is 8.78 Å². The molecule has 0 aliphatic carbocycles. The van der Waals surface area contributed by atoms with Crippen molar-refractivity contribution in [2.24, 2.45) is 0 Å². The summed E-state index contributed by atoms with van der Waals surface area (Å²) in [5, 5.41) is 3.24. The van der Waals surface area contributed by atoms with E-state index in [1.165, 1.54) is 12.1 Å². The number of ether oxygens (including phenoxy) is 1. The van der Waals surface area contributed by atoms with Crippen LogP contribution in [0.15, 0.2) is 42.5 Å². The number of hydrogen-bond acceptors (Lipinski definition) is 2. The molecule has 0 fully saturated rings. The number of hydrogen-bond donors (Lipinski definition) is 1. The van der Waals surface area contributed by atoms with Gasteiger partial charge in [0.25, 0.3) is 6.43 Å². The topological polar surface area (TPSA) is 21.3 Å². The molecule has 0 unspecified atom stereocenters. The molecule has 0 aliphatic rings. The molecule has 20 heavy (non-hydrogen) atoms. The summed E-state index contributed by atoms with van der Waals surface area (Å²) in [6.07, 6.45) is -2.42. The van der Waals surface area contributed by atoms with Crippen molar-refractivity contribution in [3.05, 3.63) is 59.2 Å². The highest BCUT2D eigenvalue weighted by Crippen LogP contribution is 2.26. The average molecular weight is 277 g/mol. The number of nitrogens with one attached hydrogen (secondary N) is 1. The summed E-state index contributed by atoms with van der Waals surface area (Å²) in [6.45, 7) is 2.55. The SMILES string of the molecule is COc1cc(C)ccc1NCc1ccc(C(F)F)cc1. The van der Waals surface area contributed by atoms with Gasteiger partial charge in [-0.15, -0.1) is 0 Å². The van der Waals surface area contributed by atoms with Crippen LogP contribution in [-0.2, 0) is 6.54 Å². The molecule has 0 aromatic heterocycles. The van der Waals surface area contributed by atoms with E-state index in [-0.39, 0.29) is 5.56 Å². The third-order valence-corrected chi connectivity index (χ3v) is 3.07. The van der Waals surface area contributed by atoms with Crippen molar-refractivity contribution in [1.82, 2.24) is 0 Å². The highest BCUT2D eigenvalue weighted by Gasteiger charge is 2.06. The molecule has 0 saturated heterocycles. The van der Waals surface area contributed by atoms with Gasteiger partial charge in [0.1, 0.15) is 5.75 Å². The molecule has 2 aromatic carbocycles. The molecule has 2 nitrogen and oxygen atoms in total. The van der Waals surface area contributed by atoms with E-state index >= 15 is 0 Å². The summed E-state index contributed by atoms with van der Waals surface area (Å²) in [5.41, 5.74) is 2.99. The smallest absolute Gasteiger partial charge is 0.263 e. The summed E-state index contributed by atoms with van der Waals surface area (Å²) in [7, 11) is 1.62. The van der Waals surface area contributed by atoms with Crippen LogP contribution in [0.3, 0.4) is 0 Å². The van der Waals surface area contributed by atoms with Gasteiger partial charge >= 0.3 is 0 Å². The Morgan fingerprint density at radius 3 is 2.40 bits per heavy atom. The third-order valence-electron chi connectivity index (χ3n) is 3.07. The van der Waals surface area contributed by atoms with Crippen LogP contribution in [0.25, 0.3) is 0 Å². The van der Waals surface area contributed by atoms with Crippen LogP contribution >= 0.6 is 0 Å². The standard InChI is InChI=1S/C16H17F2NO/c1-11-3-8-14(15(9-11)20-2)19-10-12-4-6-13(7-5-12)16(17)18/h3-9,16,19H,10H2,1-2H3. The van der Waals surface area contributed by atoms with Crippen molar-refractivity contribution in [3.8, 4) is 5.75 Å². The fraction of sp³-hybridized carbons (Fsp3) is 0.250. The van der Waals surface area contributed by atoms with E-state index in [1.54, 1.807) is 19.2 Å². The van der Waals surface area contributed by atoms with E-state index < -0.39 is 6.43 Å². The van der Waals surface area contributed by atoms with Gasteiger partial charge in [0.15, 0.2) is 0 Å².